The maximum absolute atomic E-state index is 12.9. The van der Waals surface area contributed by atoms with Crippen LogP contribution in [0.5, 0.6) is 0 Å². The third kappa shape index (κ3) is 6.44. The first kappa shape index (κ1) is 30.6. The van der Waals surface area contributed by atoms with Gasteiger partial charge in [0.2, 0.25) is 5.91 Å². The predicted molar refractivity (Wildman–Crippen MR) is 160 cm³/mol. The number of rotatable bonds is 4. The van der Waals surface area contributed by atoms with Crippen LogP contribution in [0.3, 0.4) is 0 Å². The molecule has 0 radical (unpaired) electrons. The van der Waals surface area contributed by atoms with Crippen LogP contribution in [-0.2, 0) is 4.79 Å². The van der Waals surface area contributed by atoms with E-state index in [0.717, 1.165) is 54.0 Å². The second kappa shape index (κ2) is 12.5. The Morgan fingerprint density at radius 2 is 1.33 bits per heavy atom. The van der Waals surface area contributed by atoms with E-state index in [-0.39, 0.29) is 36.6 Å². The van der Waals surface area contributed by atoms with Crippen LogP contribution in [0.1, 0.15) is 24.2 Å². The van der Waals surface area contributed by atoms with Gasteiger partial charge in [0.1, 0.15) is 5.69 Å². The van der Waals surface area contributed by atoms with Crippen LogP contribution in [-0.4, -0.2) is 102 Å². The Labute approximate surface area is 242 Å². The zero-order chi connectivity index (χ0) is 26.2. The highest BCUT2D eigenvalue weighted by Gasteiger charge is 2.31. The molecule has 2 aromatic carbocycles. The van der Waals surface area contributed by atoms with E-state index in [2.05, 4.69) is 39.2 Å². The summed E-state index contributed by atoms with van der Waals surface area (Å²) >= 11 is 0. The van der Waals surface area contributed by atoms with Crippen LogP contribution in [0.2, 0.25) is 0 Å². The number of hydrogen-bond donors (Lipinski definition) is 1. The van der Waals surface area contributed by atoms with Crippen molar-refractivity contribution in [2.75, 3.05) is 64.3 Å². The highest BCUT2D eigenvalue weighted by atomic mass is 35.5. The molecule has 9 nitrogen and oxygen atoms in total. The number of benzene rings is 2. The third-order valence-corrected chi connectivity index (χ3v) is 7.28. The van der Waals surface area contributed by atoms with Crippen LogP contribution >= 0.6 is 24.8 Å². The molecule has 0 bridgehead atoms. The molecule has 2 aliphatic heterocycles. The molecule has 2 fully saturated rings. The fourth-order valence-electron chi connectivity index (χ4n) is 5.03. The van der Waals surface area contributed by atoms with E-state index in [1.807, 2.05) is 46.2 Å². The number of amides is 2. The minimum absolute atomic E-state index is 0. The Bertz CT molecular complexity index is 1300. The molecule has 210 valence electrons. The highest BCUT2D eigenvalue weighted by molar-refractivity contribution is 6.01. The molecule has 5 rings (SSSR count). The lowest BCUT2D eigenvalue weighted by Gasteiger charge is -2.38. The first-order chi connectivity index (χ1) is 17.7. The number of halogens is 2. The summed E-state index contributed by atoms with van der Waals surface area (Å²) < 4.78 is 0. The lowest BCUT2D eigenvalue weighted by atomic mass is 10.0. The minimum atomic E-state index is -0.874. The average Bonchev–Trinajstić information content (AvgIpc) is 2.92. The number of hydrogen-bond acceptors (Lipinski definition) is 7. The maximum atomic E-state index is 12.9. The number of aromatic nitrogens is 2. The SMILES string of the molecule is CN1CCN(C(=O)c2ccc(-c3nnc(N4CCN(C(=O)C(C)(C)N)CC4)c4ccccc34)cc2)CC1.Cl.Cl. The number of piperazine rings is 2. The number of carbonyl (C=O) groups excluding carboxylic acids is 2. The molecule has 0 spiro atoms. The zero-order valence-corrected chi connectivity index (χ0v) is 24.3. The molecule has 2 N–H and O–H groups in total. The van der Waals surface area contributed by atoms with Crippen molar-refractivity contribution in [1.29, 1.82) is 0 Å². The second-order valence-electron chi connectivity index (χ2n) is 10.6. The molecule has 3 aromatic rings. The Balaban J connectivity index is 0.00000210. The first-order valence-electron chi connectivity index (χ1n) is 12.9. The van der Waals surface area contributed by atoms with E-state index in [0.29, 0.717) is 31.7 Å². The normalized spacial score (nSPS) is 16.5. The van der Waals surface area contributed by atoms with Crippen molar-refractivity contribution in [3.63, 3.8) is 0 Å². The van der Waals surface area contributed by atoms with E-state index in [1.165, 1.54) is 0 Å². The topological polar surface area (TPSA) is 98.9 Å². The number of nitrogens with zero attached hydrogens (tertiary/aromatic N) is 6. The molecule has 2 amide bonds. The summed E-state index contributed by atoms with van der Waals surface area (Å²) in [4.78, 5) is 33.7. The molecule has 0 unspecified atom stereocenters. The van der Waals surface area contributed by atoms with Gasteiger partial charge < -0.3 is 25.3 Å². The van der Waals surface area contributed by atoms with Gasteiger partial charge in [-0.05, 0) is 33.0 Å². The number of fused-ring (bicyclic) bond motifs is 1. The van der Waals surface area contributed by atoms with Gasteiger partial charge in [-0.2, -0.15) is 0 Å². The Kier molecular flexibility index (Phi) is 9.77. The molecule has 0 saturated carbocycles. The standard InChI is InChI=1S/C28H35N7O2.2ClH/c1-28(2,29)27(37)35-18-16-33(17-19-35)25-23-7-5-4-6-22(23)24(30-31-25)20-8-10-21(11-9-20)26(36)34-14-12-32(3)13-15-34;;/h4-11H,12-19,29H2,1-3H3;2*1H. The lowest BCUT2D eigenvalue weighted by Crippen LogP contribution is -2.57. The smallest absolute Gasteiger partial charge is 0.253 e. The predicted octanol–water partition coefficient (Wildman–Crippen LogP) is 2.91. The summed E-state index contributed by atoms with van der Waals surface area (Å²) in [6.07, 6.45) is 0. The van der Waals surface area contributed by atoms with E-state index in [1.54, 1.807) is 13.8 Å². The molecule has 11 heteroatoms. The molecular formula is C28H37Cl2N7O2. The second-order valence-corrected chi connectivity index (χ2v) is 10.6. The van der Waals surface area contributed by atoms with Crippen LogP contribution in [0.4, 0.5) is 5.82 Å². The molecule has 39 heavy (non-hydrogen) atoms. The van der Waals surface area contributed by atoms with Crippen molar-refractivity contribution < 1.29 is 9.59 Å². The first-order valence-corrected chi connectivity index (χ1v) is 12.9. The van der Waals surface area contributed by atoms with Gasteiger partial charge in [0, 0.05) is 74.3 Å². The van der Waals surface area contributed by atoms with Crippen molar-refractivity contribution in [3.8, 4) is 11.3 Å². The van der Waals surface area contributed by atoms with Crippen molar-refractivity contribution in [1.82, 2.24) is 24.9 Å². The molecule has 0 aliphatic carbocycles. The van der Waals surface area contributed by atoms with Gasteiger partial charge in [-0.15, -0.1) is 35.0 Å². The van der Waals surface area contributed by atoms with Crippen molar-refractivity contribution in [2.45, 2.75) is 19.4 Å². The summed E-state index contributed by atoms with van der Waals surface area (Å²) in [5.41, 5.74) is 7.55. The van der Waals surface area contributed by atoms with Gasteiger partial charge in [0.15, 0.2) is 5.82 Å². The largest absolute Gasteiger partial charge is 0.351 e. The summed E-state index contributed by atoms with van der Waals surface area (Å²) in [5.74, 6) is 0.856. The highest BCUT2D eigenvalue weighted by Crippen LogP contribution is 2.32. The fourth-order valence-corrected chi connectivity index (χ4v) is 5.03. The van der Waals surface area contributed by atoms with E-state index in [9.17, 15) is 9.59 Å². The van der Waals surface area contributed by atoms with Crippen molar-refractivity contribution in [3.05, 3.63) is 54.1 Å². The number of nitrogens with two attached hydrogens (primary N) is 1. The molecule has 1 aromatic heterocycles. The Hall–Kier alpha value is -2.98. The summed E-state index contributed by atoms with van der Waals surface area (Å²) in [6.45, 7) is 9.32. The molecular weight excluding hydrogens is 537 g/mol. The van der Waals surface area contributed by atoms with E-state index in [4.69, 9.17) is 5.73 Å². The van der Waals surface area contributed by atoms with E-state index < -0.39 is 5.54 Å². The van der Waals surface area contributed by atoms with E-state index >= 15 is 0 Å². The quantitative estimate of drug-likeness (QED) is 0.512. The number of carbonyl (C=O) groups is 2. The third-order valence-electron chi connectivity index (χ3n) is 7.28. The Morgan fingerprint density at radius 1 is 0.769 bits per heavy atom. The monoisotopic (exact) mass is 573 g/mol. The lowest BCUT2D eigenvalue weighted by molar-refractivity contribution is -0.136. The van der Waals surface area contributed by atoms with Crippen LogP contribution in [0.25, 0.3) is 22.0 Å². The minimum Gasteiger partial charge on any atom is -0.351 e. The van der Waals surface area contributed by atoms with Gasteiger partial charge in [0.05, 0.1) is 5.54 Å². The molecule has 0 atom stereocenters. The summed E-state index contributed by atoms with van der Waals surface area (Å²) in [7, 11) is 2.08. The molecule has 2 saturated heterocycles. The molecule has 2 aliphatic rings. The van der Waals surface area contributed by atoms with Crippen LogP contribution in [0.15, 0.2) is 48.5 Å². The van der Waals surface area contributed by atoms with Gasteiger partial charge in [-0.25, -0.2) is 0 Å². The van der Waals surface area contributed by atoms with Gasteiger partial charge in [0.25, 0.3) is 5.91 Å². The fraction of sp³-hybridized carbons (Fsp3) is 0.429. The van der Waals surface area contributed by atoms with Crippen molar-refractivity contribution in [2.24, 2.45) is 5.73 Å². The summed E-state index contributed by atoms with van der Waals surface area (Å²) in [6, 6.07) is 15.8. The van der Waals surface area contributed by atoms with Crippen LogP contribution in [0, 0.1) is 0 Å². The zero-order valence-electron chi connectivity index (χ0n) is 22.7. The van der Waals surface area contributed by atoms with Gasteiger partial charge in [-0.3, -0.25) is 9.59 Å². The van der Waals surface area contributed by atoms with Gasteiger partial charge >= 0.3 is 0 Å². The van der Waals surface area contributed by atoms with Crippen LogP contribution < -0.4 is 10.6 Å². The van der Waals surface area contributed by atoms with Crippen molar-refractivity contribution >= 4 is 53.2 Å². The summed E-state index contributed by atoms with van der Waals surface area (Å²) in [5, 5.41) is 11.3. The average molecular weight is 575 g/mol. The number of likely N-dealkylation sites (N-methyl/N-ethyl adjacent to an activating group) is 1. The Morgan fingerprint density at radius 3 is 1.92 bits per heavy atom. The van der Waals surface area contributed by atoms with Gasteiger partial charge in [-0.1, -0.05) is 36.4 Å². The number of anilines is 1. The molecule has 3 heterocycles. The maximum Gasteiger partial charge on any atom is 0.253 e.